The number of fused-ring (bicyclic) bond motifs is 5. The van der Waals surface area contributed by atoms with Crippen LogP contribution in [-0.2, 0) is 17.5 Å². The first-order chi connectivity index (χ1) is 15.0. The van der Waals surface area contributed by atoms with Gasteiger partial charge in [-0.3, -0.25) is 0 Å². The number of halogens is 4. The predicted octanol–water partition coefficient (Wildman–Crippen LogP) is 7.60. The zero-order chi connectivity index (χ0) is 21.4. The standard InChI is InChI=1S/C24H22F3NOS2.ClH/c25-24(26,27)16-7-8-19-22(13-16)31-21-6-2-1-5-18(21)20-14-17(30-23(19)20)15-29-12-11-28-9-3-4-10-28;/h1-2,5-8,13-14H,3-4,9-12,15H2;1H. The Morgan fingerprint density at radius 2 is 1.69 bits per heavy atom. The van der Waals surface area contributed by atoms with Crippen LogP contribution in [0, 0.1) is 0 Å². The van der Waals surface area contributed by atoms with Crippen LogP contribution in [0.3, 0.4) is 0 Å². The minimum atomic E-state index is -4.35. The SMILES string of the molecule is Cl.FC(F)(F)c1ccc2c(c1)Sc1ccccc1-c1cc(COCCN3CCCC3)sc1-2. The minimum Gasteiger partial charge on any atom is -0.375 e. The summed E-state index contributed by atoms with van der Waals surface area (Å²) in [5.41, 5.74) is 2.39. The average molecular weight is 498 g/mol. The zero-order valence-electron chi connectivity index (χ0n) is 17.3. The van der Waals surface area contributed by atoms with E-state index in [2.05, 4.69) is 11.0 Å². The van der Waals surface area contributed by atoms with Gasteiger partial charge in [0.2, 0.25) is 0 Å². The summed E-state index contributed by atoms with van der Waals surface area (Å²) >= 11 is 3.02. The Morgan fingerprint density at radius 3 is 2.47 bits per heavy atom. The quantitative estimate of drug-likeness (QED) is 0.263. The van der Waals surface area contributed by atoms with E-state index in [9.17, 15) is 13.2 Å². The molecule has 1 aromatic heterocycles. The number of thiophene rings is 1. The van der Waals surface area contributed by atoms with Crippen molar-refractivity contribution < 1.29 is 17.9 Å². The van der Waals surface area contributed by atoms with Crippen LogP contribution < -0.4 is 0 Å². The maximum absolute atomic E-state index is 13.3. The average Bonchev–Trinajstić information content (AvgIpc) is 3.39. The second-order valence-electron chi connectivity index (χ2n) is 7.86. The molecule has 0 saturated carbocycles. The van der Waals surface area contributed by atoms with Crippen molar-refractivity contribution >= 4 is 35.5 Å². The van der Waals surface area contributed by atoms with E-state index in [4.69, 9.17) is 4.74 Å². The van der Waals surface area contributed by atoms with E-state index in [0.717, 1.165) is 51.0 Å². The van der Waals surface area contributed by atoms with E-state index in [1.165, 1.54) is 36.7 Å². The molecule has 0 N–H and O–H groups in total. The first-order valence-corrected chi connectivity index (χ1v) is 12.0. The molecule has 0 amide bonds. The van der Waals surface area contributed by atoms with Crippen molar-refractivity contribution in [3.63, 3.8) is 0 Å². The highest BCUT2D eigenvalue weighted by atomic mass is 35.5. The predicted molar refractivity (Wildman–Crippen MR) is 127 cm³/mol. The fourth-order valence-corrected chi connectivity index (χ4v) is 6.50. The summed E-state index contributed by atoms with van der Waals surface area (Å²) in [5, 5.41) is 0. The number of alkyl halides is 3. The lowest BCUT2D eigenvalue weighted by molar-refractivity contribution is -0.137. The number of ether oxygens (including phenoxy) is 1. The second-order valence-corrected chi connectivity index (χ2v) is 10.1. The Kier molecular flexibility index (Phi) is 7.22. The molecule has 2 aromatic carbocycles. The molecule has 0 radical (unpaired) electrons. The lowest BCUT2D eigenvalue weighted by Gasteiger charge is -2.13. The molecule has 0 spiro atoms. The molecule has 8 heteroatoms. The van der Waals surface area contributed by atoms with E-state index in [0.29, 0.717) is 18.1 Å². The number of hydrogen-bond acceptors (Lipinski definition) is 4. The summed E-state index contributed by atoms with van der Waals surface area (Å²) in [6.07, 6.45) is -1.82. The Morgan fingerprint density at radius 1 is 0.906 bits per heavy atom. The highest BCUT2D eigenvalue weighted by Crippen LogP contribution is 2.52. The Hall–Kier alpha value is -1.51. The molecule has 0 aliphatic carbocycles. The molecule has 2 aliphatic heterocycles. The normalized spacial score (nSPS) is 15.5. The van der Waals surface area contributed by atoms with Crippen molar-refractivity contribution in [2.75, 3.05) is 26.2 Å². The summed E-state index contributed by atoms with van der Waals surface area (Å²) in [6, 6.07) is 14.1. The zero-order valence-corrected chi connectivity index (χ0v) is 19.7. The second kappa shape index (κ2) is 9.77. The monoisotopic (exact) mass is 497 g/mol. The van der Waals surface area contributed by atoms with Crippen molar-refractivity contribution in [1.82, 2.24) is 4.90 Å². The van der Waals surface area contributed by atoms with E-state index in [-0.39, 0.29) is 12.4 Å². The van der Waals surface area contributed by atoms with Crippen molar-refractivity contribution in [2.45, 2.75) is 35.4 Å². The molecule has 1 saturated heterocycles. The topological polar surface area (TPSA) is 12.5 Å². The Bertz CT molecular complexity index is 1090. The highest BCUT2D eigenvalue weighted by molar-refractivity contribution is 7.99. The summed E-state index contributed by atoms with van der Waals surface area (Å²) in [4.78, 5) is 6.15. The number of rotatable bonds is 5. The van der Waals surface area contributed by atoms with Gasteiger partial charge in [-0.2, -0.15) is 13.2 Å². The third kappa shape index (κ3) is 4.87. The summed E-state index contributed by atoms with van der Waals surface area (Å²) in [6.45, 7) is 4.48. The van der Waals surface area contributed by atoms with Gasteiger partial charge in [0, 0.05) is 37.2 Å². The Balaban J connectivity index is 0.00000245. The number of benzene rings is 2. The smallest absolute Gasteiger partial charge is 0.375 e. The van der Waals surface area contributed by atoms with Gasteiger partial charge in [-0.05, 0) is 55.8 Å². The third-order valence-electron chi connectivity index (χ3n) is 5.73. The van der Waals surface area contributed by atoms with Crippen LogP contribution in [0.5, 0.6) is 0 Å². The van der Waals surface area contributed by atoms with Gasteiger partial charge in [0.15, 0.2) is 0 Å². The highest BCUT2D eigenvalue weighted by Gasteiger charge is 2.32. The van der Waals surface area contributed by atoms with Crippen LogP contribution >= 0.6 is 35.5 Å². The van der Waals surface area contributed by atoms with Gasteiger partial charge in [-0.1, -0.05) is 36.0 Å². The molecule has 170 valence electrons. The lowest BCUT2D eigenvalue weighted by atomic mass is 10.0. The van der Waals surface area contributed by atoms with E-state index in [1.807, 2.05) is 24.3 Å². The van der Waals surface area contributed by atoms with Crippen LogP contribution in [0.4, 0.5) is 13.2 Å². The first-order valence-electron chi connectivity index (χ1n) is 10.4. The molecule has 1 fully saturated rings. The van der Waals surface area contributed by atoms with Gasteiger partial charge in [0.25, 0.3) is 0 Å². The van der Waals surface area contributed by atoms with Gasteiger partial charge in [-0.15, -0.1) is 23.7 Å². The fourth-order valence-electron chi connectivity index (χ4n) is 4.15. The van der Waals surface area contributed by atoms with Crippen LogP contribution in [-0.4, -0.2) is 31.1 Å². The van der Waals surface area contributed by atoms with Crippen LogP contribution in [0.1, 0.15) is 23.3 Å². The van der Waals surface area contributed by atoms with E-state index < -0.39 is 11.7 Å². The molecular formula is C24H23ClF3NOS2. The number of hydrogen-bond donors (Lipinski definition) is 0. The van der Waals surface area contributed by atoms with Gasteiger partial charge < -0.3 is 9.64 Å². The maximum atomic E-state index is 13.3. The molecule has 0 atom stereocenters. The lowest BCUT2D eigenvalue weighted by Crippen LogP contribution is -2.23. The molecule has 0 unspecified atom stereocenters. The molecule has 2 nitrogen and oxygen atoms in total. The minimum absolute atomic E-state index is 0. The number of likely N-dealkylation sites (tertiary alicyclic amines) is 1. The molecular weight excluding hydrogens is 475 g/mol. The molecule has 0 bridgehead atoms. The van der Waals surface area contributed by atoms with Crippen LogP contribution in [0.25, 0.3) is 21.6 Å². The first kappa shape index (κ1) is 23.6. The molecule has 3 aromatic rings. The van der Waals surface area contributed by atoms with E-state index >= 15 is 0 Å². The maximum Gasteiger partial charge on any atom is 0.416 e. The van der Waals surface area contributed by atoms with Crippen molar-refractivity contribution in [3.05, 3.63) is 59.0 Å². The molecule has 2 aliphatic rings. The van der Waals surface area contributed by atoms with Crippen molar-refractivity contribution in [2.24, 2.45) is 0 Å². The summed E-state index contributed by atoms with van der Waals surface area (Å²) < 4.78 is 45.9. The van der Waals surface area contributed by atoms with Gasteiger partial charge in [-0.25, -0.2) is 0 Å². The summed E-state index contributed by atoms with van der Waals surface area (Å²) in [7, 11) is 0. The van der Waals surface area contributed by atoms with E-state index in [1.54, 1.807) is 17.4 Å². The van der Waals surface area contributed by atoms with Crippen LogP contribution in [0.2, 0.25) is 0 Å². The third-order valence-corrected chi connectivity index (χ3v) is 8.00. The molecule has 5 rings (SSSR count). The van der Waals surface area contributed by atoms with Gasteiger partial charge >= 0.3 is 6.18 Å². The van der Waals surface area contributed by atoms with Crippen LogP contribution in [0.15, 0.2) is 58.3 Å². The van der Waals surface area contributed by atoms with Gasteiger partial charge in [0.05, 0.1) is 18.8 Å². The van der Waals surface area contributed by atoms with Crippen molar-refractivity contribution in [1.29, 1.82) is 0 Å². The Labute approximate surface area is 200 Å². The number of nitrogens with zero attached hydrogens (tertiary/aromatic N) is 1. The fraction of sp³-hybridized carbons (Fsp3) is 0.333. The molecule has 32 heavy (non-hydrogen) atoms. The van der Waals surface area contributed by atoms with Crippen molar-refractivity contribution in [3.8, 4) is 21.6 Å². The summed E-state index contributed by atoms with van der Waals surface area (Å²) in [5.74, 6) is 0. The molecule has 3 heterocycles. The largest absolute Gasteiger partial charge is 0.416 e. The van der Waals surface area contributed by atoms with Gasteiger partial charge in [0.1, 0.15) is 0 Å².